The number of aromatic nitrogens is 1. The van der Waals surface area contributed by atoms with Gasteiger partial charge in [0.25, 0.3) is 0 Å². The number of carbonyl (C=O) groups is 1. The van der Waals surface area contributed by atoms with Crippen LogP contribution in [0.1, 0.15) is 18.4 Å². The average molecular weight is 259 g/mol. The van der Waals surface area contributed by atoms with Crippen LogP contribution in [0.5, 0.6) is 0 Å². The van der Waals surface area contributed by atoms with E-state index in [-0.39, 0.29) is 5.91 Å². The first-order chi connectivity index (χ1) is 9.18. The van der Waals surface area contributed by atoms with Gasteiger partial charge in [0.2, 0.25) is 5.91 Å². The predicted octanol–water partition coefficient (Wildman–Crippen LogP) is 1.36. The van der Waals surface area contributed by atoms with Gasteiger partial charge in [-0.2, -0.15) is 5.26 Å². The van der Waals surface area contributed by atoms with Crippen LogP contribution in [0.4, 0.5) is 0 Å². The van der Waals surface area contributed by atoms with E-state index in [1.807, 2.05) is 12.1 Å². The van der Waals surface area contributed by atoms with Gasteiger partial charge in [0, 0.05) is 39.2 Å². The smallest absolute Gasteiger partial charge is 0.243 e. The summed E-state index contributed by atoms with van der Waals surface area (Å²) in [6.45, 7) is 1.44. The molecular formula is C14H17N3O2. The van der Waals surface area contributed by atoms with Gasteiger partial charge < -0.3 is 9.64 Å². The van der Waals surface area contributed by atoms with Gasteiger partial charge in [-0.25, -0.2) is 0 Å². The Bertz CT molecular complexity index is 475. The maximum atomic E-state index is 12.5. The molecule has 2 heterocycles. The number of nitriles is 1. The van der Waals surface area contributed by atoms with Crippen LogP contribution in [0.15, 0.2) is 24.5 Å². The molecule has 0 spiro atoms. The first-order valence-electron chi connectivity index (χ1n) is 6.31. The maximum absolute atomic E-state index is 12.5. The summed E-state index contributed by atoms with van der Waals surface area (Å²) in [7, 11) is 1.73. The second-order valence-electron chi connectivity index (χ2n) is 4.82. The fraction of sp³-hybridized carbons (Fsp3) is 0.500. The molecule has 1 aliphatic rings. The third kappa shape index (κ3) is 2.91. The first-order valence-corrected chi connectivity index (χ1v) is 6.31. The molecule has 19 heavy (non-hydrogen) atoms. The summed E-state index contributed by atoms with van der Waals surface area (Å²) in [5.41, 5.74) is 0.0889. The van der Waals surface area contributed by atoms with Crippen molar-refractivity contribution in [3.05, 3.63) is 30.1 Å². The SMILES string of the molecule is CN(Cc1ccncc1)C(=O)C1(C#N)CCOCC1. The quantitative estimate of drug-likeness (QED) is 0.822. The Balaban J connectivity index is 2.08. The van der Waals surface area contributed by atoms with E-state index in [2.05, 4.69) is 11.1 Å². The van der Waals surface area contributed by atoms with E-state index < -0.39 is 5.41 Å². The minimum absolute atomic E-state index is 0.116. The molecule has 0 radical (unpaired) electrons. The molecule has 1 aromatic rings. The van der Waals surface area contributed by atoms with E-state index in [0.29, 0.717) is 32.6 Å². The number of nitrogens with zero attached hydrogens (tertiary/aromatic N) is 3. The van der Waals surface area contributed by atoms with Gasteiger partial charge in [-0.1, -0.05) is 0 Å². The maximum Gasteiger partial charge on any atom is 0.243 e. The van der Waals surface area contributed by atoms with Crippen molar-refractivity contribution in [1.29, 1.82) is 5.26 Å². The molecule has 1 aromatic heterocycles. The number of hydrogen-bond acceptors (Lipinski definition) is 4. The fourth-order valence-corrected chi connectivity index (χ4v) is 2.29. The van der Waals surface area contributed by atoms with Crippen molar-refractivity contribution in [2.75, 3.05) is 20.3 Å². The lowest BCUT2D eigenvalue weighted by atomic mass is 9.80. The van der Waals surface area contributed by atoms with Crippen molar-refractivity contribution in [3.8, 4) is 6.07 Å². The monoisotopic (exact) mass is 259 g/mol. The lowest BCUT2D eigenvalue weighted by molar-refractivity contribution is -0.142. The second kappa shape index (κ2) is 5.81. The third-order valence-corrected chi connectivity index (χ3v) is 3.49. The minimum Gasteiger partial charge on any atom is -0.381 e. The molecule has 0 atom stereocenters. The highest BCUT2D eigenvalue weighted by Gasteiger charge is 2.42. The Morgan fingerprint density at radius 3 is 2.68 bits per heavy atom. The molecule has 5 heteroatoms. The Labute approximate surface area is 112 Å². The van der Waals surface area contributed by atoms with Crippen molar-refractivity contribution in [1.82, 2.24) is 9.88 Å². The van der Waals surface area contributed by atoms with Gasteiger partial charge in [0.05, 0.1) is 6.07 Å². The fourth-order valence-electron chi connectivity index (χ4n) is 2.29. The summed E-state index contributed by atoms with van der Waals surface area (Å²) in [6.07, 6.45) is 4.34. The van der Waals surface area contributed by atoms with Gasteiger partial charge in [0.15, 0.2) is 0 Å². The molecule has 100 valence electrons. The number of rotatable bonds is 3. The highest BCUT2D eigenvalue weighted by molar-refractivity contribution is 5.85. The Morgan fingerprint density at radius 2 is 2.11 bits per heavy atom. The minimum atomic E-state index is -0.917. The van der Waals surface area contributed by atoms with Gasteiger partial charge in [-0.3, -0.25) is 9.78 Å². The Morgan fingerprint density at radius 1 is 1.47 bits per heavy atom. The van der Waals surface area contributed by atoms with E-state index in [9.17, 15) is 10.1 Å². The summed E-state index contributed by atoms with van der Waals surface area (Å²) < 4.78 is 5.24. The Kier molecular flexibility index (Phi) is 4.13. The number of pyridine rings is 1. The number of carbonyl (C=O) groups excluding carboxylic acids is 1. The third-order valence-electron chi connectivity index (χ3n) is 3.49. The van der Waals surface area contributed by atoms with Gasteiger partial charge in [0.1, 0.15) is 5.41 Å². The van der Waals surface area contributed by atoms with Crippen molar-refractivity contribution >= 4 is 5.91 Å². The van der Waals surface area contributed by atoms with Crippen molar-refractivity contribution in [2.45, 2.75) is 19.4 Å². The van der Waals surface area contributed by atoms with Crippen LogP contribution in [0.2, 0.25) is 0 Å². The van der Waals surface area contributed by atoms with Crippen LogP contribution in [-0.2, 0) is 16.1 Å². The van der Waals surface area contributed by atoms with Crippen molar-refractivity contribution in [2.24, 2.45) is 5.41 Å². The van der Waals surface area contributed by atoms with Crippen molar-refractivity contribution < 1.29 is 9.53 Å². The van der Waals surface area contributed by atoms with Gasteiger partial charge in [-0.15, -0.1) is 0 Å². The molecule has 1 fully saturated rings. The lowest BCUT2D eigenvalue weighted by Crippen LogP contribution is -2.44. The van der Waals surface area contributed by atoms with E-state index in [1.165, 1.54) is 0 Å². The highest BCUT2D eigenvalue weighted by Crippen LogP contribution is 2.32. The van der Waals surface area contributed by atoms with E-state index in [1.54, 1.807) is 24.3 Å². The largest absolute Gasteiger partial charge is 0.381 e. The summed E-state index contributed by atoms with van der Waals surface area (Å²) in [5.74, 6) is -0.116. The average Bonchev–Trinajstić information content (AvgIpc) is 2.48. The van der Waals surface area contributed by atoms with Crippen molar-refractivity contribution in [3.63, 3.8) is 0 Å². The van der Waals surface area contributed by atoms with Crippen LogP contribution < -0.4 is 0 Å². The predicted molar refractivity (Wildman–Crippen MR) is 68.8 cm³/mol. The molecule has 1 amide bonds. The highest BCUT2D eigenvalue weighted by atomic mass is 16.5. The molecule has 0 aliphatic carbocycles. The number of amides is 1. The van der Waals surface area contributed by atoms with E-state index in [0.717, 1.165) is 5.56 Å². The molecule has 1 saturated heterocycles. The molecule has 0 bridgehead atoms. The molecule has 5 nitrogen and oxygen atoms in total. The standard InChI is InChI=1S/C14H17N3O2/c1-17(10-12-2-6-16-7-3-12)13(18)14(11-15)4-8-19-9-5-14/h2-3,6-7H,4-5,8-10H2,1H3. The summed E-state index contributed by atoms with van der Waals surface area (Å²) in [5, 5.41) is 9.36. The van der Waals surface area contributed by atoms with Crippen LogP contribution in [0, 0.1) is 16.7 Å². The molecular weight excluding hydrogens is 242 g/mol. The van der Waals surface area contributed by atoms with Gasteiger partial charge >= 0.3 is 0 Å². The zero-order valence-electron chi connectivity index (χ0n) is 11.0. The normalized spacial score (nSPS) is 17.5. The molecule has 0 unspecified atom stereocenters. The summed E-state index contributed by atoms with van der Waals surface area (Å²) in [6, 6.07) is 5.94. The molecule has 0 N–H and O–H groups in total. The lowest BCUT2D eigenvalue weighted by Gasteiger charge is -2.33. The van der Waals surface area contributed by atoms with E-state index in [4.69, 9.17) is 4.74 Å². The zero-order chi connectivity index (χ0) is 13.7. The summed E-state index contributed by atoms with van der Waals surface area (Å²) in [4.78, 5) is 18.0. The topological polar surface area (TPSA) is 66.2 Å². The van der Waals surface area contributed by atoms with Crippen LogP contribution in [0.25, 0.3) is 0 Å². The number of hydrogen-bond donors (Lipinski definition) is 0. The summed E-state index contributed by atoms with van der Waals surface area (Å²) >= 11 is 0. The Hall–Kier alpha value is -1.93. The van der Waals surface area contributed by atoms with Crippen LogP contribution in [-0.4, -0.2) is 36.1 Å². The van der Waals surface area contributed by atoms with Crippen LogP contribution >= 0.6 is 0 Å². The van der Waals surface area contributed by atoms with Gasteiger partial charge in [-0.05, 0) is 30.5 Å². The zero-order valence-corrected chi connectivity index (χ0v) is 11.0. The molecule has 1 aliphatic heterocycles. The van der Waals surface area contributed by atoms with E-state index >= 15 is 0 Å². The first kappa shape index (κ1) is 13.5. The molecule has 0 aromatic carbocycles. The molecule has 0 saturated carbocycles. The number of ether oxygens (including phenoxy) is 1. The second-order valence-corrected chi connectivity index (χ2v) is 4.82. The molecule has 2 rings (SSSR count). The van der Waals surface area contributed by atoms with Crippen LogP contribution in [0.3, 0.4) is 0 Å².